The zero-order valence-corrected chi connectivity index (χ0v) is 14.3. The number of likely N-dealkylation sites (tertiary alicyclic amines) is 1. The maximum absolute atomic E-state index is 12.5. The van der Waals surface area contributed by atoms with Gasteiger partial charge < -0.3 is 10.2 Å². The Morgan fingerprint density at radius 3 is 2.64 bits per heavy atom. The molecule has 1 N–H and O–H groups in total. The Kier molecular flexibility index (Phi) is 4.52. The molecule has 2 aliphatic rings. The van der Waals surface area contributed by atoms with Gasteiger partial charge in [-0.3, -0.25) is 9.59 Å². The van der Waals surface area contributed by atoms with Crippen LogP contribution in [0.2, 0.25) is 0 Å². The lowest BCUT2D eigenvalue weighted by Crippen LogP contribution is -2.40. The predicted octanol–water partition coefficient (Wildman–Crippen LogP) is 3.28. The minimum absolute atomic E-state index is 0.0364. The van der Waals surface area contributed by atoms with Gasteiger partial charge in [0.1, 0.15) is 0 Å². The van der Waals surface area contributed by atoms with E-state index in [2.05, 4.69) is 28.2 Å². The fourth-order valence-corrected chi connectivity index (χ4v) is 3.41. The lowest BCUT2D eigenvalue weighted by Gasteiger charge is -2.31. The lowest BCUT2D eigenvalue weighted by molar-refractivity contribution is -0.135. The third-order valence-corrected chi connectivity index (χ3v) is 5.05. The summed E-state index contributed by atoms with van der Waals surface area (Å²) >= 11 is 3.37. The van der Waals surface area contributed by atoms with E-state index in [9.17, 15) is 9.59 Å². The number of amides is 2. The largest absolute Gasteiger partial charge is 0.342 e. The topological polar surface area (TPSA) is 49.4 Å². The van der Waals surface area contributed by atoms with E-state index in [0.717, 1.165) is 29.7 Å². The summed E-state index contributed by atoms with van der Waals surface area (Å²) in [4.78, 5) is 26.6. The normalized spacial score (nSPS) is 27.4. The summed E-state index contributed by atoms with van der Waals surface area (Å²) in [5.41, 5.74) is 0.776. The van der Waals surface area contributed by atoms with Crippen LogP contribution in [0.4, 0.5) is 5.69 Å². The fourth-order valence-electron chi connectivity index (χ4n) is 3.15. The van der Waals surface area contributed by atoms with Crippen molar-refractivity contribution >= 4 is 33.4 Å². The van der Waals surface area contributed by atoms with E-state index in [4.69, 9.17) is 0 Å². The molecule has 1 aromatic carbocycles. The van der Waals surface area contributed by atoms with Gasteiger partial charge in [0.15, 0.2) is 0 Å². The minimum atomic E-state index is -0.159. The van der Waals surface area contributed by atoms with Gasteiger partial charge in [-0.15, -0.1) is 0 Å². The summed E-state index contributed by atoms with van der Waals surface area (Å²) in [6.45, 7) is 3.88. The first kappa shape index (κ1) is 15.5. The molecule has 118 valence electrons. The van der Waals surface area contributed by atoms with Crippen LogP contribution in [0.25, 0.3) is 0 Å². The molecule has 2 fully saturated rings. The van der Waals surface area contributed by atoms with Gasteiger partial charge in [-0.25, -0.2) is 0 Å². The quantitative estimate of drug-likeness (QED) is 0.894. The molecule has 1 saturated carbocycles. The molecule has 3 rings (SSSR count). The highest BCUT2D eigenvalue weighted by atomic mass is 79.9. The smallest absolute Gasteiger partial charge is 0.228 e. The Balaban J connectivity index is 1.53. The maximum atomic E-state index is 12.5. The van der Waals surface area contributed by atoms with Gasteiger partial charge >= 0.3 is 0 Å². The molecule has 1 aliphatic carbocycles. The molecule has 3 unspecified atom stereocenters. The van der Waals surface area contributed by atoms with Gasteiger partial charge in [0.05, 0.1) is 11.8 Å². The van der Waals surface area contributed by atoms with E-state index in [1.807, 2.05) is 29.2 Å². The number of rotatable bonds is 3. The van der Waals surface area contributed by atoms with Crippen molar-refractivity contribution in [1.29, 1.82) is 0 Å². The Hall–Kier alpha value is -1.36. The number of halogens is 1. The van der Waals surface area contributed by atoms with Gasteiger partial charge in [-0.05, 0) is 49.4 Å². The van der Waals surface area contributed by atoms with Crippen molar-refractivity contribution in [2.75, 3.05) is 18.4 Å². The molecule has 0 radical (unpaired) electrons. The zero-order valence-electron chi connectivity index (χ0n) is 12.7. The molecule has 0 spiro atoms. The molecular formula is C17H21BrN2O2. The van der Waals surface area contributed by atoms with E-state index in [-0.39, 0.29) is 23.7 Å². The number of nitrogens with zero attached hydrogens (tertiary/aromatic N) is 1. The van der Waals surface area contributed by atoms with Crippen molar-refractivity contribution in [2.24, 2.45) is 17.8 Å². The first-order valence-corrected chi connectivity index (χ1v) is 8.69. The molecule has 22 heavy (non-hydrogen) atoms. The van der Waals surface area contributed by atoms with E-state index in [0.29, 0.717) is 12.3 Å². The van der Waals surface area contributed by atoms with Crippen LogP contribution in [0.3, 0.4) is 0 Å². The number of nitrogens with one attached hydrogen (secondary N) is 1. The first-order chi connectivity index (χ1) is 10.5. The van der Waals surface area contributed by atoms with Gasteiger partial charge in [0.2, 0.25) is 11.8 Å². The molecule has 1 heterocycles. The molecule has 1 saturated heterocycles. The Labute approximate surface area is 139 Å². The maximum Gasteiger partial charge on any atom is 0.228 e. The van der Waals surface area contributed by atoms with E-state index in [1.165, 1.54) is 6.42 Å². The van der Waals surface area contributed by atoms with E-state index < -0.39 is 0 Å². The van der Waals surface area contributed by atoms with Crippen LogP contribution in [0, 0.1) is 17.8 Å². The Morgan fingerprint density at radius 1 is 1.23 bits per heavy atom. The number of hydrogen-bond acceptors (Lipinski definition) is 2. The van der Waals surface area contributed by atoms with Crippen LogP contribution >= 0.6 is 15.9 Å². The number of carbonyl (C=O) groups is 2. The summed E-state index contributed by atoms with van der Waals surface area (Å²) in [5.74, 6) is 0.439. The van der Waals surface area contributed by atoms with Gasteiger partial charge in [-0.2, -0.15) is 0 Å². The third-order valence-electron chi connectivity index (χ3n) is 4.52. The average Bonchev–Trinajstić information content (AvgIpc) is 3.29. The van der Waals surface area contributed by atoms with Crippen LogP contribution in [-0.2, 0) is 9.59 Å². The van der Waals surface area contributed by atoms with Crippen LogP contribution in [0.1, 0.15) is 26.2 Å². The summed E-state index contributed by atoms with van der Waals surface area (Å²) in [6.07, 6.45) is 2.96. The molecule has 0 bridgehead atoms. The van der Waals surface area contributed by atoms with Gasteiger partial charge in [0.25, 0.3) is 0 Å². The van der Waals surface area contributed by atoms with Crippen LogP contribution in [0.5, 0.6) is 0 Å². The fraction of sp³-hybridized carbons (Fsp3) is 0.529. The number of hydrogen-bond donors (Lipinski definition) is 1. The highest BCUT2D eigenvalue weighted by Crippen LogP contribution is 2.41. The van der Waals surface area contributed by atoms with Crippen LogP contribution in [0.15, 0.2) is 28.7 Å². The second-order valence-corrected chi connectivity index (χ2v) is 7.39. The van der Waals surface area contributed by atoms with Crippen molar-refractivity contribution in [3.8, 4) is 0 Å². The molecule has 1 aliphatic heterocycles. The summed E-state index contributed by atoms with van der Waals surface area (Å²) in [6, 6.07) is 7.49. The highest BCUT2D eigenvalue weighted by Gasteiger charge is 2.49. The molecule has 3 atom stereocenters. The SMILES string of the molecule is CC1CCCN(C(=O)C2CC2C(=O)Nc2ccc(Br)cc2)C1. The molecule has 0 aromatic heterocycles. The lowest BCUT2D eigenvalue weighted by atomic mass is 10.00. The van der Waals surface area contributed by atoms with Crippen molar-refractivity contribution < 1.29 is 9.59 Å². The minimum Gasteiger partial charge on any atom is -0.342 e. The first-order valence-electron chi connectivity index (χ1n) is 7.90. The second-order valence-electron chi connectivity index (χ2n) is 6.48. The van der Waals surface area contributed by atoms with Crippen molar-refractivity contribution in [3.05, 3.63) is 28.7 Å². The Bertz CT molecular complexity index is 573. The zero-order chi connectivity index (χ0) is 15.7. The molecular weight excluding hydrogens is 344 g/mol. The van der Waals surface area contributed by atoms with Crippen molar-refractivity contribution in [1.82, 2.24) is 4.90 Å². The summed E-state index contributed by atoms with van der Waals surface area (Å²) in [5, 5.41) is 2.90. The predicted molar refractivity (Wildman–Crippen MR) is 89.3 cm³/mol. The third kappa shape index (κ3) is 3.51. The van der Waals surface area contributed by atoms with Crippen molar-refractivity contribution in [3.63, 3.8) is 0 Å². The van der Waals surface area contributed by atoms with Gasteiger partial charge in [0, 0.05) is 23.2 Å². The number of anilines is 1. The highest BCUT2D eigenvalue weighted by molar-refractivity contribution is 9.10. The molecule has 1 aromatic rings. The molecule has 2 amide bonds. The van der Waals surface area contributed by atoms with Crippen LogP contribution in [-0.4, -0.2) is 29.8 Å². The average molecular weight is 365 g/mol. The number of benzene rings is 1. The summed E-state index contributed by atoms with van der Waals surface area (Å²) in [7, 11) is 0. The van der Waals surface area contributed by atoms with Gasteiger partial charge in [-0.1, -0.05) is 22.9 Å². The Morgan fingerprint density at radius 2 is 1.95 bits per heavy atom. The summed E-state index contributed by atoms with van der Waals surface area (Å²) < 4.78 is 0.976. The molecule has 5 heteroatoms. The standard InChI is InChI=1S/C17H21BrN2O2/c1-11-3-2-8-20(10-11)17(22)15-9-14(15)16(21)19-13-6-4-12(18)5-7-13/h4-7,11,14-15H,2-3,8-10H2,1H3,(H,19,21). The molecule has 4 nitrogen and oxygen atoms in total. The monoisotopic (exact) mass is 364 g/mol. The van der Waals surface area contributed by atoms with E-state index in [1.54, 1.807) is 0 Å². The number of carbonyl (C=O) groups excluding carboxylic acids is 2. The van der Waals surface area contributed by atoms with Crippen molar-refractivity contribution in [2.45, 2.75) is 26.2 Å². The van der Waals surface area contributed by atoms with Crippen LogP contribution < -0.4 is 5.32 Å². The number of piperidine rings is 1. The second kappa shape index (κ2) is 6.41. The van der Waals surface area contributed by atoms with E-state index >= 15 is 0 Å².